The summed E-state index contributed by atoms with van der Waals surface area (Å²) in [6.45, 7) is 2.46. The Balaban J connectivity index is 1.49. The fraction of sp³-hybridized carbons (Fsp3) is 0.120. The van der Waals surface area contributed by atoms with Crippen molar-refractivity contribution in [3.05, 3.63) is 94.4 Å². The summed E-state index contributed by atoms with van der Waals surface area (Å²) in [5.74, 6) is 1.10. The van der Waals surface area contributed by atoms with E-state index >= 15 is 0 Å². The monoisotopic (exact) mass is 430 g/mol. The van der Waals surface area contributed by atoms with Crippen molar-refractivity contribution in [1.29, 1.82) is 0 Å². The highest BCUT2D eigenvalue weighted by atomic mass is 32.2. The Morgan fingerprint density at radius 1 is 1.00 bits per heavy atom. The van der Waals surface area contributed by atoms with Crippen molar-refractivity contribution < 1.29 is 14.3 Å². The first-order valence-corrected chi connectivity index (χ1v) is 10.6. The van der Waals surface area contributed by atoms with E-state index in [4.69, 9.17) is 9.47 Å². The van der Waals surface area contributed by atoms with E-state index in [1.165, 1.54) is 11.8 Å². The standard InChI is InChI=1S/C25H22N2O3S/c1-17-7-6-10-20(13-17)26-25-27-24(28)23(31-25)15-19-11-12-21(22(14-19)29-2)30-16-18-8-4-3-5-9-18/h3-15H,16H2,1-2H3,(H,26,27,28). The van der Waals surface area contributed by atoms with Crippen molar-refractivity contribution in [2.24, 2.45) is 4.99 Å². The van der Waals surface area contributed by atoms with E-state index in [0.29, 0.717) is 28.2 Å². The molecule has 0 aliphatic carbocycles. The minimum Gasteiger partial charge on any atom is -0.493 e. The molecule has 6 heteroatoms. The number of carbonyl (C=O) groups is 1. The molecule has 0 saturated carbocycles. The lowest BCUT2D eigenvalue weighted by Gasteiger charge is -2.11. The van der Waals surface area contributed by atoms with Crippen LogP contribution in [0, 0.1) is 6.92 Å². The molecular weight excluding hydrogens is 408 g/mol. The molecule has 5 nitrogen and oxygen atoms in total. The first-order valence-electron chi connectivity index (χ1n) is 9.82. The molecule has 0 bridgehead atoms. The lowest BCUT2D eigenvalue weighted by atomic mass is 10.2. The van der Waals surface area contributed by atoms with Crippen LogP contribution in [-0.4, -0.2) is 18.2 Å². The van der Waals surface area contributed by atoms with Crippen LogP contribution >= 0.6 is 11.8 Å². The van der Waals surface area contributed by atoms with Crippen LogP contribution in [0.4, 0.5) is 5.69 Å². The Kier molecular flexibility index (Phi) is 6.38. The van der Waals surface area contributed by atoms with Gasteiger partial charge < -0.3 is 14.8 Å². The number of nitrogens with one attached hydrogen (secondary N) is 1. The van der Waals surface area contributed by atoms with Gasteiger partial charge in [-0.25, -0.2) is 4.99 Å². The maximum atomic E-state index is 12.4. The van der Waals surface area contributed by atoms with Gasteiger partial charge >= 0.3 is 0 Å². The Bertz CT molecular complexity index is 1160. The number of nitrogens with zero attached hydrogens (tertiary/aromatic N) is 1. The summed E-state index contributed by atoms with van der Waals surface area (Å²) in [5.41, 5.74) is 3.85. The summed E-state index contributed by atoms with van der Waals surface area (Å²) < 4.78 is 11.4. The number of hydrogen-bond donors (Lipinski definition) is 1. The van der Waals surface area contributed by atoms with Crippen molar-refractivity contribution >= 4 is 34.6 Å². The van der Waals surface area contributed by atoms with Gasteiger partial charge in [0.2, 0.25) is 0 Å². The number of carbonyl (C=O) groups excluding carboxylic acids is 1. The van der Waals surface area contributed by atoms with E-state index in [-0.39, 0.29) is 5.91 Å². The van der Waals surface area contributed by atoms with Crippen LogP contribution in [0.3, 0.4) is 0 Å². The first kappa shape index (κ1) is 20.8. The third kappa shape index (κ3) is 5.35. The second-order valence-corrected chi connectivity index (χ2v) is 8.04. The molecule has 0 atom stereocenters. The topological polar surface area (TPSA) is 59.9 Å². The summed E-state index contributed by atoms with van der Waals surface area (Å²) in [5, 5.41) is 3.39. The Hall–Kier alpha value is -3.51. The molecule has 156 valence electrons. The third-order valence-electron chi connectivity index (χ3n) is 4.61. The molecule has 1 N–H and O–H groups in total. The van der Waals surface area contributed by atoms with Gasteiger partial charge in [0.15, 0.2) is 16.7 Å². The molecule has 1 saturated heterocycles. The predicted molar refractivity (Wildman–Crippen MR) is 126 cm³/mol. The summed E-state index contributed by atoms with van der Waals surface area (Å²) in [6, 6.07) is 23.4. The molecule has 0 unspecified atom stereocenters. The highest BCUT2D eigenvalue weighted by Crippen LogP contribution is 2.32. The van der Waals surface area contributed by atoms with E-state index in [0.717, 1.165) is 22.4 Å². The van der Waals surface area contributed by atoms with E-state index in [9.17, 15) is 4.79 Å². The number of amides is 1. The lowest BCUT2D eigenvalue weighted by Crippen LogP contribution is -2.19. The van der Waals surface area contributed by atoms with Gasteiger partial charge in [0.25, 0.3) is 5.91 Å². The summed E-state index contributed by atoms with van der Waals surface area (Å²) in [4.78, 5) is 17.5. The minimum atomic E-state index is -0.167. The van der Waals surface area contributed by atoms with Crippen molar-refractivity contribution in [3.63, 3.8) is 0 Å². The van der Waals surface area contributed by atoms with Crippen molar-refractivity contribution in [1.82, 2.24) is 5.32 Å². The molecule has 3 aromatic carbocycles. The van der Waals surface area contributed by atoms with E-state index in [1.807, 2.05) is 85.8 Å². The van der Waals surface area contributed by atoms with Crippen LogP contribution in [0.5, 0.6) is 11.5 Å². The second-order valence-electron chi connectivity index (χ2n) is 7.01. The Morgan fingerprint density at radius 2 is 1.84 bits per heavy atom. The van der Waals surface area contributed by atoms with E-state index < -0.39 is 0 Å². The summed E-state index contributed by atoms with van der Waals surface area (Å²) in [7, 11) is 1.60. The van der Waals surface area contributed by atoms with Gasteiger partial charge in [-0.1, -0.05) is 48.5 Å². The Labute approximate surface area is 185 Å². The van der Waals surface area contributed by atoms with Crippen molar-refractivity contribution in [2.45, 2.75) is 13.5 Å². The molecule has 3 aromatic rings. The van der Waals surface area contributed by atoms with Gasteiger partial charge in [-0.3, -0.25) is 4.79 Å². The van der Waals surface area contributed by atoms with Crippen LogP contribution in [0.15, 0.2) is 82.7 Å². The van der Waals surface area contributed by atoms with Crippen LogP contribution in [0.1, 0.15) is 16.7 Å². The van der Waals surface area contributed by atoms with E-state index in [1.54, 1.807) is 7.11 Å². The van der Waals surface area contributed by atoms with Gasteiger partial charge in [0, 0.05) is 0 Å². The van der Waals surface area contributed by atoms with Crippen molar-refractivity contribution in [3.8, 4) is 11.5 Å². The number of aryl methyl sites for hydroxylation is 1. The number of amidine groups is 1. The van der Waals surface area contributed by atoms with Gasteiger partial charge in [0.05, 0.1) is 17.7 Å². The average Bonchev–Trinajstić information content (AvgIpc) is 3.11. The maximum absolute atomic E-state index is 12.4. The largest absolute Gasteiger partial charge is 0.493 e. The lowest BCUT2D eigenvalue weighted by molar-refractivity contribution is -0.115. The highest BCUT2D eigenvalue weighted by Gasteiger charge is 2.24. The molecule has 0 spiro atoms. The van der Waals surface area contributed by atoms with Crippen LogP contribution in [0.25, 0.3) is 6.08 Å². The zero-order chi connectivity index (χ0) is 21.6. The van der Waals surface area contributed by atoms with Gasteiger partial charge in [-0.15, -0.1) is 0 Å². The average molecular weight is 431 g/mol. The fourth-order valence-electron chi connectivity index (χ4n) is 3.08. The van der Waals surface area contributed by atoms with Crippen LogP contribution < -0.4 is 14.8 Å². The number of hydrogen-bond acceptors (Lipinski definition) is 5. The molecule has 0 radical (unpaired) electrons. The summed E-state index contributed by atoms with van der Waals surface area (Å²) in [6.07, 6.45) is 1.82. The number of benzene rings is 3. The summed E-state index contributed by atoms with van der Waals surface area (Å²) >= 11 is 1.32. The molecule has 1 amide bonds. The molecule has 4 rings (SSSR count). The van der Waals surface area contributed by atoms with Gasteiger partial charge in [-0.05, 0) is 65.7 Å². The second kappa shape index (κ2) is 9.53. The zero-order valence-corrected chi connectivity index (χ0v) is 18.1. The molecule has 0 aromatic heterocycles. The van der Waals surface area contributed by atoms with Crippen LogP contribution in [0.2, 0.25) is 0 Å². The number of thioether (sulfide) groups is 1. The fourth-order valence-corrected chi connectivity index (χ4v) is 3.92. The zero-order valence-electron chi connectivity index (χ0n) is 17.3. The predicted octanol–water partition coefficient (Wildman–Crippen LogP) is 5.47. The SMILES string of the molecule is COc1cc(C=C2SC(=Nc3cccc(C)c3)NC2=O)ccc1OCc1ccccc1. The molecule has 1 aliphatic heterocycles. The first-order chi connectivity index (χ1) is 15.1. The molecular formula is C25H22N2O3S. The number of rotatable bonds is 6. The quantitative estimate of drug-likeness (QED) is 0.527. The number of methoxy groups -OCH3 is 1. The molecule has 1 fully saturated rings. The minimum absolute atomic E-state index is 0.167. The molecule has 1 heterocycles. The van der Waals surface area contributed by atoms with E-state index in [2.05, 4.69) is 10.3 Å². The third-order valence-corrected chi connectivity index (χ3v) is 5.52. The smallest absolute Gasteiger partial charge is 0.264 e. The molecule has 1 aliphatic rings. The van der Waals surface area contributed by atoms with Gasteiger partial charge in [-0.2, -0.15) is 0 Å². The Morgan fingerprint density at radius 3 is 2.61 bits per heavy atom. The van der Waals surface area contributed by atoms with Gasteiger partial charge in [0.1, 0.15) is 6.61 Å². The molecule has 31 heavy (non-hydrogen) atoms. The van der Waals surface area contributed by atoms with Crippen LogP contribution in [-0.2, 0) is 11.4 Å². The number of aliphatic imine (C=N–C) groups is 1. The highest BCUT2D eigenvalue weighted by molar-refractivity contribution is 8.18. The number of ether oxygens (including phenoxy) is 2. The van der Waals surface area contributed by atoms with Crippen molar-refractivity contribution in [2.75, 3.05) is 7.11 Å². The maximum Gasteiger partial charge on any atom is 0.264 e. The normalized spacial score (nSPS) is 15.9.